The van der Waals surface area contributed by atoms with Gasteiger partial charge >= 0.3 is 5.97 Å². The molecule has 6 heteroatoms. The normalized spacial score (nSPS) is 12.5. The van der Waals surface area contributed by atoms with E-state index in [1.165, 1.54) is 38.5 Å². The molecule has 1 atom stereocenters. The van der Waals surface area contributed by atoms with E-state index in [2.05, 4.69) is 22.4 Å². The predicted octanol–water partition coefficient (Wildman–Crippen LogP) is 3.08. The Morgan fingerprint density at radius 1 is 1.19 bits per heavy atom. The number of aliphatic carboxylic acids is 1. The molecule has 6 nitrogen and oxygen atoms in total. The Bertz CT molecular complexity index is 406. The topological polar surface area (TPSA) is 80.9 Å². The number of carbonyl (C=O) groups is 1. The summed E-state index contributed by atoms with van der Waals surface area (Å²) in [6.45, 7) is 4.71. The van der Waals surface area contributed by atoms with Crippen LogP contribution in [0.1, 0.15) is 71.0 Å². The van der Waals surface area contributed by atoms with Crippen LogP contribution in [-0.4, -0.2) is 31.3 Å². The molecule has 1 aromatic rings. The third-order valence-electron chi connectivity index (χ3n) is 3.62. The second-order valence-electron chi connectivity index (χ2n) is 5.85. The number of aromatic nitrogens is 4. The Hall–Kier alpha value is -1.46. The Balaban J connectivity index is 2.23. The number of aryl methyl sites for hydroxylation is 1. The van der Waals surface area contributed by atoms with Gasteiger partial charge in [0.05, 0.1) is 0 Å². The zero-order valence-corrected chi connectivity index (χ0v) is 13.3. The van der Waals surface area contributed by atoms with Crippen molar-refractivity contribution in [3.05, 3.63) is 5.82 Å². The summed E-state index contributed by atoms with van der Waals surface area (Å²) in [6, 6.07) is 0. The van der Waals surface area contributed by atoms with Gasteiger partial charge in [-0.2, -0.15) is 0 Å². The summed E-state index contributed by atoms with van der Waals surface area (Å²) in [5.41, 5.74) is 0. The molecule has 0 saturated carbocycles. The summed E-state index contributed by atoms with van der Waals surface area (Å²) in [5, 5.41) is 20.5. The Morgan fingerprint density at radius 2 is 1.86 bits per heavy atom. The van der Waals surface area contributed by atoms with Gasteiger partial charge in [0.15, 0.2) is 5.82 Å². The first-order valence-electron chi connectivity index (χ1n) is 8.10. The van der Waals surface area contributed by atoms with Crippen LogP contribution in [0.5, 0.6) is 0 Å². The molecule has 1 N–H and O–H groups in total. The number of rotatable bonds is 12. The van der Waals surface area contributed by atoms with Crippen molar-refractivity contribution < 1.29 is 9.90 Å². The molecule has 0 aliphatic rings. The SMILES string of the molecule is CCCCCCCCCc1nnnn1CC(C)CC(=O)O. The number of tetrazole rings is 1. The largest absolute Gasteiger partial charge is 0.481 e. The molecule has 1 unspecified atom stereocenters. The minimum Gasteiger partial charge on any atom is -0.481 e. The average Bonchev–Trinajstić information content (AvgIpc) is 2.84. The number of nitrogens with zero attached hydrogens (tertiary/aromatic N) is 4. The quantitative estimate of drug-likeness (QED) is 0.599. The van der Waals surface area contributed by atoms with E-state index in [0.717, 1.165) is 18.7 Å². The van der Waals surface area contributed by atoms with Crippen molar-refractivity contribution in [1.29, 1.82) is 0 Å². The number of unbranched alkanes of at least 4 members (excludes halogenated alkanes) is 6. The highest BCUT2D eigenvalue weighted by molar-refractivity contribution is 5.66. The minimum absolute atomic E-state index is 0.0405. The van der Waals surface area contributed by atoms with E-state index in [1.807, 2.05) is 6.92 Å². The van der Waals surface area contributed by atoms with Gasteiger partial charge < -0.3 is 5.11 Å². The van der Waals surface area contributed by atoms with E-state index in [4.69, 9.17) is 5.11 Å². The van der Waals surface area contributed by atoms with Gasteiger partial charge in [0, 0.05) is 19.4 Å². The average molecular weight is 296 g/mol. The highest BCUT2D eigenvalue weighted by Gasteiger charge is 2.12. The van der Waals surface area contributed by atoms with Crippen LogP contribution in [0.15, 0.2) is 0 Å². The monoisotopic (exact) mass is 296 g/mol. The molecule has 0 aliphatic carbocycles. The van der Waals surface area contributed by atoms with Gasteiger partial charge in [-0.1, -0.05) is 52.4 Å². The molecular formula is C15H28N4O2. The van der Waals surface area contributed by atoms with Crippen LogP contribution in [0.4, 0.5) is 0 Å². The third kappa shape index (κ3) is 7.78. The summed E-state index contributed by atoms with van der Waals surface area (Å²) in [5.74, 6) is 0.142. The van der Waals surface area contributed by atoms with Crippen LogP contribution < -0.4 is 0 Å². The maximum absolute atomic E-state index is 10.7. The zero-order chi connectivity index (χ0) is 15.5. The molecule has 0 fully saturated rings. The van der Waals surface area contributed by atoms with E-state index < -0.39 is 5.97 Å². The molecule has 1 rings (SSSR count). The molecule has 0 radical (unpaired) electrons. The lowest BCUT2D eigenvalue weighted by Gasteiger charge is -2.09. The minimum atomic E-state index is -0.774. The van der Waals surface area contributed by atoms with Gasteiger partial charge in [0.2, 0.25) is 0 Å². The van der Waals surface area contributed by atoms with Crippen molar-refractivity contribution in [2.24, 2.45) is 5.92 Å². The van der Waals surface area contributed by atoms with Crippen molar-refractivity contribution in [1.82, 2.24) is 20.2 Å². The molecule has 0 bridgehead atoms. The van der Waals surface area contributed by atoms with E-state index in [0.29, 0.717) is 6.54 Å². The first-order valence-corrected chi connectivity index (χ1v) is 8.10. The zero-order valence-electron chi connectivity index (χ0n) is 13.3. The Kier molecular flexibility index (Phi) is 8.62. The van der Waals surface area contributed by atoms with Crippen molar-refractivity contribution >= 4 is 5.97 Å². The van der Waals surface area contributed by atoms with Gasteiger partial charge in [-0.15, -0.1) is 5.10 Å². The second kappa shape index (κ2) is 10.3. The first kappa shape index (κ1) is 17.6. The van der Waals surface area contributed by atoms with Gasteiger partial charge in [0.1, 0.15) is 0 Å². The van der Waals surface area contributed by atoms with Crippen LogP contribution in [0.3, 0.4) is 0 Å². The first-order chi connectivity index (χ1) is 10.1. The highest BCUT2D eigenvalue weighted by atomic mass is 16.4. The number of carboxylic acids is 1. The molecule has 0 aliphatic heterocycles. The lowest BCUT2D eigenvalue weighted by Crippen LogP contribution is -2.15. The third-order valence-corrected chi connectivity index (χ3v) is 3.62. The Labute approximate surface area is 126 Å². The molecule has 21 heavy (non-hydrogen) atoms. The standard InChI is InChI=1S/C15H28N4O2/c1-3-4-5-6-7-8-9-10-14-16-17-18-19(14)12-13(2)11-15(20)21/h13H,3-12H2,1-2H3,(H,20,21). The lowest BCUT2D eigenvalue weighted by molar-refractivity contribution is -0.138. The molecule has 0 saturated heterocycles. The molecule has 0 aromatic carbocycles. The lowest BCUT2D eigenvalue weighted by atomic mass is 10.1. The van der Waals surface area contributed by atoms with Gasteiger partial charge in [-0.25, -0.2) is 4.68 Å². The fraction of sp³-hybridized carbons (Fsp3) is 0.867. The smallest absolute Gasteiger partial charge is 0.303 e. The second-order valence-corrected chi connectivity index (χ2v) is 5.85. The van der Waals surface area contributed by atoms with Gasteiger partial charge in [0.25, 0.3) is 0 Å². The number of hydrogen-bond acceptors (Lipinski definition) is 4. The number of hydrogen-bond donors (Lipinski definition) is 1. The van der Waals surface area contributed by atoms with E-state index >= 15 is 0 Å². The van der Waals surface area contributed by atoms with Crippen molar-refractivity contribution in [2.75, 3.05) is 0 Å². The fourth-order valence-corrected chi connectivity index (χ4v) is 2.44. The maximum atomic E-state index is 10.7. The van der Waals surface area contributed by atoms with Crippen molar-refractivity contribution in [3.63, 3.8) is 0 Å². The van der Waals surface area contributed by atoms with Crippen LogP contribution in [-0.2, 0) is 17.8 Å². The predicted molar refractivity (Wildman–Crippen MR) is 80.9 cm³/mol. The van der Waals surface area contributed by atoms with Crippen molar-refractivity contribution in [2.45, 2.75) is 78.2 Å². The summed E-state index contributed by atoms with van der Waals surface area (Å²) < 4.78 is 1.75. The molecule has 0 amide bonds. The Morgan fingerprint density at radius 3 is 2.52 bits per heavy atom. The van der Waals surface area contributed by atoms with E-state index in [-0.39, 0.29) is 12.3 Å². The van der Waals surface area contributed by atoms with Gasteiger partial charge in [-0.3, -0.25) is 4.79 Å². The fourth-order valence-electron chi connectivity index (χ4n) is 2.44. The maximum Gasteiger partial charge on any atom is 0.303 e. The summed E-state index contributed by atoms with van der Waals surface area (Å²) >= 11 is 0. The molecule has 120 valence electrons. The summed E-state index contributed by atoms with van der Waals surface area (Å²) in [4.78, 5) is 10.7. The highest BCUT2D eigenvalue weighted by Crippen LogP contribution is 2.11. The van der Waals surface area contributed by atoms with Crippen molar-refractivity contribution in [3.8, 4) is 0 Å². The number of carboxylic acid groups (broad SMARTS) is 1. The van der Waals surface area contributed by atoms with Crippen LogP contribution in [0, 0.1) is 5.92 Å². The summed E-state index contributed by atoms with van der Waals surface area (Å²) in [7, 11) is 0. The van der Waals surface area contributed by atoms with Crippen LogP contribution >= 0.6 is 0 Å². The summed E-state index contributed by atoms with van der Waals surface area (Å²) in [6.07, 6.45) is 9.87. The van der Waals surface area contributed by atoms with Crippen LogP contribution in [0.2, 0.25) is 0 Å². The molecule has 0 spiro atoms. The molecule has 1 aromatic heterocycles. The van der Waals surface area contributed by atoms with E-state index in [1.54, 1.807) is 4.68 Å². The molecular weight excluding hydrogens is 268 g/mol. The van der Waals surface area contributed by atoms with Gasteiger partial charge in [-0.05, 0) is 22.8 Å². The van der Waals surface area contributed by atoms with E-state index in [9.17, 15) is 4.79 Å². The van der Waals surface area contributed by atoms with Crippen LogP contribution in [0.25, 0.3) is 0 Å². The molecule has 1 heterocycles.